The molecule has 0 heterocycles. The summed E-state index contributed by atoms with van der Waals surface area (Å²) in [5, 5.41) is 18.2. The molecule has 133 valence electrons. The van der Waals surface area contributed by atoms with E-state index in [2.05, 4.69) is 6.08 Å². The number of benzene rings is 1. The normalized spacial score (nSPS) is 15.7. The van der Waals surface area contributed by atoms with Crippen molar-refractivity contribution in [3.63, 3.8) is 0 Å². The van der Waals surface area contributed by atoms with Gasteiger partial charge in [0.1, 0.15) is 0 Å². The van der Waals surface area contributed by atoms with E-state index >= 15 is 0 Å². The molecule has 0 atom stereocenters. The van der Waals surface area contributed by atoms with Crippen LogP contribution < -0.4 is 39.5 Å². The summed E-state index contributed by atoms with van der Waals surface area (Å²) in [5.74, 6) is 0.195. The van der Waals surface area contributed by atoms with Gasteiger partial charge >= 0.3 is 0 Å². The zero-order chi connectivity index (χ0) is 18.2. The van der Waals surface area contributed by atoms with Gasteiger partial charge in [0.2, 0.25) is 0 Å². The van der Waals surface area contributed by atoms with Crippen LogP contribution in [0.5, 0.6) is 0 Å². The number of hydrogen-bond donors (Lipinski definition) is 8. The average Bonchev–Trinajstić information content (AvgIpc) is 2.55. The maximum atomic E-state index is 9.29. The molecule has 13 N–H and O–H groups in total. The molecule has 0 saturated heterocycles. The van der Waals surface area contributed by atoms with E-state index < -0.39 is 0 Å². The van der Waals surface area contributed by atoms with E-state index in [4.69, 9.17) is 38.8 Å². The minimum atomic E-state index is -0.000768. The Balaban J connectivity index is 0.00000312. The number of rotatable bonds is 3. The van der Waals surface area contributed by atoms with Crippen LogP contribution in [0.3, 0.4) is 0 Å². The molecule has 1 aliphatic rings. The van der Waals surface area contributed by atoms with Crippen LogP contribution in [0.25, 0.3) is 0 Å². The van der Waals surface area contributed by atoms with E-state index in [1.54, 1.807) is 6.92 Å². The summed E-state index contributed by atoms with van der Waals surface area (Å²) >= 11 is 0. The smallest absolute Gasteiger partial charge is 0.0892 e. The van der Waals surface area contributed by atoms with Crippen LogP contribution in [0.15, 0.2) is 17.2 Å². The fraction of sp³-hybridized carbons (Fsp3) is 0.143. The van der Waals surface area contributed by atoms with Gasteiger partial charge in [0.15, 0.2) is 0 Å². The van der Waals surface area contributed by atoms with Crippen LogP contribution in [-0.2, 0) is 4.74 Å². The van der Waals surface area contributed by atoms with Crippen molar-refractivity contribution >= 4 is 47.3 Å². The maximum Gasteiger partial charge on any atom is 0.0892 e. The Kier molecular flexibility index (Phi) is 6.77. The van der Waals surface area contributed by atoms with Crippen molar-refractivity contribution in [3.05, 3.63) is 28.8 Å². The molecule has 0 fully saturated rings. The van der Waals surface area contributed by atoms with Gasteiger partial charge in [0.05, 0.1) is 40.9 Å². The number of nitrogen functional groups attached to an aromatic ring is 3. The van der Waals surface area contributed by atoms with Gasteiger partial charge in [-0.2, -0.15) is 0 Å². The molecule has 1 radical (unpaired) electrons. The van der Waals surface area contributed by atoms with Gasteiger partial charge in [0, 0.05) is 35.5 Å². The Morgan fingerprint density at radius 1 is 1.12 bits per heavy atom. The van der Waals surface area contributed by atoms with Crippen LogP contribution >= 0.6 is 8.20 Å². The van der Waals surface area contributed by atoms with Crippen molar-refractivity contribution in [1.82, 2.24) is 0 Å². The number of methoxy groups -OCH3 is 1. The van der Waals surface area contributed by atoms with E-state index in [9.17, 15) is 5.21 Å². The molecule has 9 nitrogen and oxygen atoms in total. The van der Waals surface area contributed by atoms with Crippen LogP contribution in [0.2, 0.25) is 0 Å². The average molecular weight is 585 g/mol. The second kappa shape index (κ2) is 7.99. The van der Waals surface area contributed by atoms with Gasteiger partial charge in [0.25, 0.3) is 0 Å². The maximum absolute atomic E-state index is 9.29. The molecule has 0 bridgehead atoms. The van der Waals surface area contributed by atoms with Crippen molar-refractivity contribution in [1.29, 1.82) is 5.41 Å². The van der Waals surface area contributed by atoms with Crippen molar-refractivity contribution in [2.24, 2.45) is 11.5 Å². The molecular weight excluding hydrogens is 566 g/mol. The van der Waals surface area contributed by atoms with Gasteiger partial charge in [-0.05, 0) is 24.0 Å². The number of nitrogens with two attached hydrogens (primary N) is 5. The Hall–Kier alpha value is -1.89. The molecule has 11 heteroatoms. The molecule has 0 spiro atoms. The predicted molar refractivity (Wildman–Crippen MR) is 98.3 cm³/mol. The fourth-order valence-corrected chi connectivity index (χ4v) is 3.35. The van der Waals surface area contributed by atoms with E-state index in [-0.39, 0.29) is 75.6 Å². The molecule has 1 aromatic carbocycles. The van der Waals surface area contributed by atoms with Crippen LogP contribution in [0.1, 0.15) is 5.56 Å². The van der Waals surface area contributed by atoms with E-state index in [0.717, 1.165) is 0 Å². The molecule has 25 heavy (non-hydrogen) atoms. The van der Waals surface area contributed by atoms with Gasteiger partial charge in [-0.15, -0.1) is 6.08 Å². The third kappa shape index (κ3) is 3.56. The first kappa shape index (κ1) is 21.2. The summed E-state index contributed by atoms with van der Waals surface area (Å²) in [6.07, 6.45) is 2.85. The van der Waals surface area contributed by atoms with E-state index in [1.165, 1.54) is 7.11 Å². The quantitative estimate of drug-likeness (QED) is 0.103. The summed E-state index contributed by atoms with van der Waals surface area (Å²) in [7, 11) is 1.83. The Labute approximate surface area is 169 Å². The molecule has 1 aromatic rings. The fourth-order valence-electron chi connectivity index (χ4n) is 2.24. The van der Waals surface area contributed by atoms with Crippen LogP contribution in [0, 0.1) is 48.4 Å². The van der Waals surface area contributed by atoms with Crippen molar-refractivity contribution in [2.45, 2.75) is 6.92 Å². The topological polar surface area (TPSA) is 195 Å². The Bertz CT molecular complexity index is 833. The van der Waals surface area contributed by atoms with Crippen molar-refractivity contribution in [2.75, 3.05) is 29.8 Å². The number of anilines is 4. The molecule has 1 aliphatic carbocycles. The summed E-state index contributed by atoms with van der Waals surface area (Å²) in [5.41, 5.74) is 33.6. The molecule has 0 aliphatic heterocycles. The monoisotopic (exact) mass is 584 g/mol. The molecule has 2 rings (SSSR count). The first-order valence-electron chi connectivity index (χ1n) is 6.73. The number of ether oxygens (including phenoxy) is 1. The second-order valence-electron chi connectivity index (χ2n) is 5.02. The predicted octanol–water partition coefficient (Wildman–Crippen LogP) is -0.218. The molecule has 0 amide bonds. The molecular formula is C14H19N7NpO2P-. The van der Waals surface area contributed by atoms with Crippen LogP contribution in [-0.4, -0.2) is 23.3 Å². The minimum Gasteiger partial charge on any atom is -0.550 e. The summed E-state index contributed by atoms with van der Waals surface area (Å²) in [6, 6.07) is 0. The molecule has 0 aromatic heterocycles. The first-order chi connectivity index (χ1) is 11.2. The van der Waals surface area contributed by atoms with Crippen LogP contribution in [0.4, 0.5) is 22.7 Å². The minimum absolute atomic E-state index is 0. The number of allylic oxidation sites excluding steroid dienone is 2. The summed E-state index contributed by atoms with van der Waals surface area (Å²) in [6.45, 7) is 1.67. The van der Waals surface area contributed by atoms with E-state index in [1.807, 2.05) is 5.48 Å². The summed E-state index contributed by atoms with van der Waals surface area (Å²) in [4.78, 5) is 0. The molecule has 0 unspecified atom stereocenters. The van der Waals surface area contributed by atoms with E-state index in [0.29, 0.717) is 24.4 Å². The van der Waals surface area contributed by atoms with Gasteiger partial charge < -0.3 is 38.8 Å². The second-order valence-corrected chi connectivity index (χ2v) is 6.14. The Morgan fingerprint density at radius 2 is 1.72 bits per heavy atom. The number of nitrogens with one attached hydrogen (secondary N) is 2. The van der Waals surface area contributed by atoms with Gasteiger partial charge in [-0.3, -0.25) is 10.7 Å². The standard InChI is InChI=1S/C14H19N7O2P.Np/c1-4-7(16)10(19)14(11(20)12(4)21-22)24-6-3-5(15)13(23-2)9(18)8(6)17;/h17,21-22H,15-16,18-20H2,1-2H3;/q-1;. The summed E-state index contributed by atoms with van der Waals surface area (Å²) < 4.78 is 5.06. The van der Waals surface area contributed by atoms with Crippen molar-refractivity contribution in [3.8, 4) is 0 Å². The first-order valence-corrected chi connectivity index (χ1v) is 7.62. The zero-order valence-electron chi connectivity index (χ0n) is 13.6. The molecule has 0 saturated carbocycles. The third-order valence-corrected chi connectivity index (χ3v) is 4.90. The SMILES string of the molecule is COC1=C(N)C(=N)C(=Pc2c(N)c(N)c(C)c(NO)c2N)[C-]=C1N.[Np]. The largest absolute Gasteiger partial charge is 0.550 e. The zero-order valence-corrected chi connectivity index (χ0v) is 18.3. The Morgan fingerprint density at radius 3 is 2.24 bits per heavy atom. The van der Waals surface area contributed by atoms with Gasteiger partial charge in [-0.25, -0.2) is 0 Å². The van der Waals surface area contributed by atoms with Crippen molar-refractivity contribution < 1.29 is 39.9 Å². The number of hydrogen-bond acceptors (Lipinski definition) is 9. The van der Waals surface area contributed by atoms with Gasteiger partial charge in [-0.1, -0.05) is 13.5 Å². The third-order valence-electron chi connectivity index (χ3n) is 3.64.